The van der Waals surface area contributed by atoms with Gasteiger partial charge in [0.15, 0.2) is 11.5 Å². The summed E-state index contributed by atoms with van der Waals surface area (Å²) in [5, 5.41) is 14.9. The van der Waals surface area contributed by atoms with Crippen molar-refractivity contribution in [2.24, 2.45) is 0 Å². The third-order valence-corrected chi connectivity index (χ3v) is 7.67. The van der Waals surface area contributed by atoms with Gasteiger partial charge in [-0.2, -0.15) is 0 Å². The van der Waals surface area contributed by atoms with Crippen LogP contribution in [0.4, 0.5) is 11.4 Å². The number of para-hydroxylation sites is 2. The number of amides is 2. The molecule has 0 saturated carbocycles. The highest BCUT2D eigenvalue weighted by Crippen LogP contribution is 2.64. The number of nitrogens with zero attached hydrogens (tertiary/aromatic N) is 1. The average molecular weight is 519 g/mol. The topological polar surface area (TPSA) is 99.2 Å². The smallest absolute Gasteiger partial charge is 0.273 e. The SMILES string of the molecule is CC(=O)[C@@]12O[C@]1(C(=O)Nc1ccccc1-c1ccccc1)[C@@](C)(O)N(c1ccccc1-c1ccccc1)C2=O. The van der Waals surface area contributed by atoms with Crippen LogP contribution in [0.15, 0.2) is 109 Å². The molecule has 194 valence electrons. The van der Waals surface area contributed by atoms with Crippen LogP contribution in [0, 0.1) is 0 Å². The molecule has 2 heterocycles. The number of rotatable bonds is 6. The molecule has 3 atom stereocenters. The van der Waals surface area contributed by atoms with Crippen molar-refractivity contribution in [3.05, 3.63) is 109 Å². The van der Waals surface area contributed by atoms with Gasteiger partial charge in [0.05, 0.1) is 5.69 Å². The van der Waals surface area contributed by atoms with Crippen LogP contribution in [0.5, 0.6) is 0 Å². The minimum atomic E-state index is -2.19. The number of hydrogen-bond donors (Lipinski definition) is 2. The quantitative estimate of drug-likeness (QED) is 0.282. The molecule has 6 rings (SSSR count). The molecular formula is C32H26N2O5. The molecule has 2 N–H and O–H groups in total. The Morgan fingerprint density at radius 3 is 1.90 bits per heavy atom. The number of morpholine rings is 1. The molecule has 0 radical (unpaired) electrons. The van der Waals surface area contributed by atoms with Crippen molar-refractivity contribution in [2.75, 3.05) is 10.2 Å². The number of hydrogen-bond acceptors (Lipinski definition) is 5. The Balaban J connectivity index is 1.45. The summed E-state index contributed by atoms with van der Waals surface area (Å²) in [5.41, 5.74) is -2.58. The molecule has 0 spiro atoms. The molecule has 0 unspecified atom stereocenters. The summed E-state index contributed by atoms with van der Waals surface area (Å²) < 4.78 is 5.79. The first-order chi connectivity index (χ1) is 18.8. The van der Waals surface area contributed by atoms with E-state index in [1.807, 2.05) is 84.9 Å². The van der Waals surface area contributed by atoms with Crippen LogP contribution >= 0.6 is 0 Å². The minimum Gasteiger partial charge on any atom is -0.367 e. The van der Waals surface area contributed by atoms with Gasteiger partial charge in [0.1, 0.15) is 0 Å². The van der Waals surface area contributed by atoms with E-state index in [-0.39, 0.29) is 0 Å². The molecular weight excluding hydrogens is 492 g/mol. The number of Topliss-reactive ketones (excluding diaryl/α,β-unsaturated/α-hetero) is 1. The second-order valence-corrected chi connectivity index (χ2v) is 9.93. The van der Waals surface area contributed by atoms with Gasteiger partial charge in [-0.3, -0.25) is 19.3 Å². The maximum absolute atomic E-state index is 14.0. The normalized spacial score (nSPS) is 25.2. The van der Waals surface area contributed by atoms with Gasteiger partial charge in [-0.1, -0.05) is 97.1 Å². The fraction of sp³-hybridized carbons (Fsp3) is 0.156. The predicted octanol–water partition coefficient (Wildman–Crippen LogP) is 4.81. The number of fused-ring (bicyclic) bond motifs is 1. The molecule has 7 heteroatoms. The number of benzene rings is 4. The van der Waals surface area contributed by atoms with Gasteiger partial charge in [0.25, 0.3) is 11.8 Å². The van der Waals surface area contributed by atoms with E-state index in [9.17, 15) is 19.5 Å². The molecule has 4 aromatic carbocycles. The lowest BCUT2D eigenvalue weighted by Gasteiger charge is -2.36. The summed E-state index contributed by atoms with van der Waals surface area (Å²) in [6, 6.07) is 33.1. The molecule has 0 aromatic heterocycles. The Morgan fingerprint density at radius 1 is 0.769 bits per heavy atom. The lowest BCUT2D eigenvalue weighted by molar-refractivity contribution is -0.136. The van der Waals surface area contributed by atoms with Crippen LogP contribution in [0.1, 0.15) is 13.8 Å². The Morgan fingerprint density at radius 2 is 1.28 bits per heavy atom. The highest BCUT2D eigenvalue weighted by molar-refractivity contribution is 6.30. The number of ether oxygens (including phenoxy) is 1. The van der Waals surface area contributed by atoms with E-state index < -0.39 is 34.5 Å². The summed E-state index contributed by atoms with van der Waals surface area (Å²) in [6.45, 7) is 2.54. The Bertz CT molecular complexity index is 1620. The molecule has 4 aromatic rings. The van der Waals surface area contributed by atoms with Crippen molar-refractivity contribution in [1.82, 2.24) is 0 Å². The predicted molar refractivity (Wildman–Crippen MR) is 148 cm³/mol. The molecule has 2 fully saturated rings. The number of aliphatic hydroxyl groups is 1. The van der Waals surface area contributed by atoms with Crippen LogP contribution in [0.2, 0.25) is 0 Å². The number of ketones is 1. The van der Waals surface area contributed by atoms with E-state index in [1.54, 1.807) is 24.3 Å². The van der Waals surface area contributed by atoms with E-state index in [1.165, 1.54) is 13.8 Å². The van der Waals surface area contributed by atoms with Gasteiger partial charge in [-0.25, -0.2) is 0 Å². The molecule has 2 aliphatic rings. The molecule has 7 nitrogen and oxygen atoms in total. The largest absolute Gasteiger partial charge is 0.367 e. The number of anilines is 2. The highest BCUT2D eigenvalue weighted by atomic mass is 16.7. The first-order valence-corrected chi connectivity index (χ1v) is 12.6. The average Bonchev–Trinajstić information content (AvgIpc) is 3.66. The van der Waals surface area contributed by atoms with Gasteiger partial charge in [-0.05, 0) is 37.1 Å². The minimum absolute atomic E-state index is 0.368. The summed E-state index contributed by atoms with van der Waals surface area (Å²) in [4.78, 5) is 42.2. The van der Waals surface area contributed by atoms with Gasteiger partial charge >= 0.3 is 0 Å². The van der Waals surface area contributed by atoms with Crippen molar-refractivity contribution in [2.45, 2.75) is 30.8 Å². The zero-order chi connectivity index (χ0) is 27.4. The first kappa shape index (κ1) is 24.7. The zero-order valence-corrected chi connectivity index (χ0v) is 21.4. The number of carbonyl (C=O) groups excluding carboxylic acids is 3. The fourth-order valence-corrected chi connectivity index (χ4v) is 5.78. The van der Waals surface area contributed by atoms with Crippen LogP contribution in [0.3, 0.4) is 0 Å². The van der Waals surface area contributed by atoms with Gasteiger partial charge in [0.2, 0.25) is 11.2 Å². The third kappa shape index (κ3) is 3.34. The van der Waals surface area contributed by atoms with Crippen LogP contribution in [-0.4, -0.2) is 39.6 Å². The lowest BCUT2D eigenvalue weighted by atomic mass is 9.85. The first-order valence-electron chi connectivity index (χ1n) is 12.6. The van der Waals surface area contributed by atoms with Crippen molar-refractivity contribution < 1.29 is 24.2 Å². The Hall–Kier alpha value is -4.59. The van der Waals surface area contributed by atoms with Crippen LogP contribution < -0.4 is 10.2 Å². The van der Waals surface area contributed by atoms with Crippen molar-refractivity contribution in [3.8, 4) is 22.3 Å². The highest BCUT2D eigenvalue weighted by Gasteiger charge is 2.95. The van der Waals surface area contributed by atoms with E-state index in [0.717, 1.165) is 21.6 Å². The molecule has 2 amide bonds. The van der Waals surface area contributed by atoms with Crippen LogP contribution in [-0.2, 0) is 19.1 Å². The van der Waals surface area contributed by atoms with E-state index in [0.29, 0.717) is 16.9 Å². The summed E-state index contributed by atoms with van der Waals surface area (Å²) in [5.74, 6) is -2.21. The number of nitrogens with one attached hydrogen (secondary N) is 1. The summed E-state index contributed by atoms with van der Waals surface area (Å²) in [7, 11) is 0. The van der Waals surface area contributed by atoms with E-state index >= 15 is 0 Å². The maximum atomic E-state index is 14.0. The van der Waals surface area contributed by atoms with Crippen LogP contribution in [0.25, 0.3) is 22.3 Å². The maximum Gasteiger partial charge on any atom is 0.273 e. The number of carbonyl (C=O) groups is 3. The Kier molecular flexibility index (Phi) is 5.53. The van der Waals surface area contributed by atoms with Gasteiger partial charge in [-0.15, -0.1) is 0 Å². The van der Waals surface area contributed by atoms with Crippen molar-refractivity contribution in [1.29, 1.82) is 0 Å². The third-order valence-electron chi connectivity index (χ3n) is 7.67. The monoisotopic (exact) mass is 518 g/mol. The fourth-order valence-electron chi connectivity index (χ4n) is 5.78. The lowest BCUT2D eigenvalue weighted by Crippen LogP contribution is -2.58. The number of epoxide rings is 1. The van der Waals surface area contributed by atoms with Gasteiger partial charge < -0.3 is 15.2 Å². The van der Waals surface area contributed by atoms with E-state index in [2.05, 4.69) is 5.32 Å². The summed E-state index contributed by atoms with van der Waals surface area (Å²) in [6.07, 6.45) is 0. The molecule has 2 saturated heterocycles. The van der Waals surface area contributed by atoms with Crippen molar-refractivity contribution >= 4 is 29.0 Å². The van der Waals surface area contributed by atoms with E-state index in [4.69, 9.17) is 4.74 Å². The second kappa shape index (κ2) is 8.73. The molecule has 0 aliphatic carbocycles. The molecule has 2 aliphatic heterocycles. The van der Waals surface area contributed by atoms with Gasteiger partial charge in [0, 0.05) is 16.8 Å². The molecule has 39 heavy (non-hydrogen) atoms. The zero-order valence-electron chi connectivity index (χ0n) is 21.4. The Labute approximate surface area is 225 Å². The van der Waals surface area contributed by atoms with Crippen molar-refractivity contribution in [3.63, 3.8) is 0 Å². The standard InChI is InChI=1S/C32H26N2O5/c1-21(35)31-29(37)34(27-20-12-10-18-25(27)23-15-7-4-8-16-23)30(2,38)32(31,39-31)28(36)33-26-19-11-9-17-24(26)22-13-5-3-6-14-22/h3-20,38H,1-2H3,(H,33,36)/t30-,31+,32-/m1/s1. The second-order valence-electron chi connectivity index (χ2n) is 9.93. The summed E-state index contributed by atoms with van der Waals surface area (Å²) >= 11 is 0. The molecule has 0 bridgehead atoms.